The van der Waals surface area contributed by atoms with E-state index in [1.165, 1.54) is 10.6 Å². The molecule has 0 amide bonds. The fraction of sp³-hybridized carbons (Fsp3) is 0.294. The Morgan fingerprint density at radius 2 is 2.08 bits per heavy atom. The highest BCUT2D eigenvalue weighted by Gasteiger charge is 2.24. The summed E-state index contributed by atoms with van der Waals surface area (Å²) in [4.78, 5) is 16.7. The highest BCUT2D eigenvalue weighted by atomic mass is 19.3. The zero-order chi connectivity index (χ0) is 17.4. The lowest BCUT2D eigenvalue weighted by Crippen LogP contribution is -2.19. The standard InChI is InChI=1S/C17H14F2N4O2/c18-15(19)17-22-21-16(25-17)12-4-6-23(14(24)8-12)9-10-3-5-20-13(7-10)11-1-2-11/h3-8,11,15H,1-2,9H2. The Balaban J connectivity index is 1.57. The SMILES string of the molecule is O=c1cc(-c2nnc(C(F)F)o2)ccn1Cc1ccnc(C2CC2)c1. The first-order valence-electron chi connectivity index (χ1n) is 7.87. The zero-order valence-electron chi connectivity index (χ0n) is 13.1. The average molecular weight is 344 g/mol. The maximum absolute atomic E-state index is 12.5. The molecule has 0 bridgehead atoms. The van der Waals surface area contributed by atoms with E-state index in [1.54, 1.807) is 18.5 Å². The van der Waals surface area contributed by atoms with Gasteiger partial charge in [0, 0.05) is 35.6 Å². The lowest BCUT2D eigenvalue weighted by Gasteiger charge is -2.07. The van der Waals surface area contributed by atoms with Crippen molar-refractivity contribution in [1.82, 2.24) is 19.7 Å². The molecule has 1 aliphatic rings. The van der Waals surface area contributed by atoms with Crippen molar-refractivity contribution in [3.05, 3.63) is 64.2 Å². The van der Waals surface area contributed by atoms with Crippen LogP contribution in [0.15, 0.2) is 45.9 Å². The topological polar surface area (TPSA) is 73.8 Å². The fourth-order valence-corrected chi connectivity index (χ4v) is 2.60. The van der Waals surface area contributed by atoms with Crippen molar-refractivity contribution in [2.45, 2.75) is 31.7 Å². The molecule has 3 aromatic rings. The Bertz CT molecular complexity index is 963. The molecule has 0 unspecified atom stereocenters. The van der Waals surface area contributed by atoms with Gasteiger partial charge < -0.3 is 8.98 Å². The summed E-state index contributed by atoms with van der Waals surface area (Å²) in [6.45, 7) is 0.410. The van der Waals surface area contributed by atoms with Crippen LogP contribution in [-0.2, 0) is 6.54 Å². The first kappa shape index (κ1) is 15.6. The molecule has 1 fully saturated rings. The van der Waals surface area contributed by atoms with Gasteiger partial charge in [-0.3, -0.25) is 9.78 Å². The van der Waals surface area contributed by atoms with Crippen molar-refractivity contribution in [3.63, 3.8) is 0 Å². The van der Waals surface area contributed by atoms with Gasteiger partial charge in [-0.1, -0.05) is 0 Å². The minimum absolute atomic E-state index is 0.0977. The van der Waals surface area contributed by atoms with E-state index in [4.69, 9.17) is 4.42 Å². The molecule has 1 aliphatic carbocycles. The van der Waals surface area contributed by atoms with E-state index in [1.807, 2.05) is 12.1 Å². The van der Waals surface area contributed by atoms with Crippen LogP contribution in [0.25, 0.3) is 11.5 Å². The van der Waals surface area contributed by atoms with Crippen LogP contribution in [0.4, 0.5) is 8.78 Å². The molecule has 0 aromatic carbocycles. The van der Waals surface area contributed by atoms with E-state index < -0.39 is 12.3 Å². The van der Waals surface area contributed by atoms with Crippen LogP contribution >= 0.6 is 0 Å². The summed E-state index contributed by atoms with van der Waals surface area (Å²) in [6.07, 6.45) is 2.83. The third kappa shape index (κ3) is 3.33. The van der Waals surface area contributed by atoms with Crippen LogP contribution < -0.4 is 5.56 Å². The normalized spacial score (nSPS) is 14.2. The molecule has 0 spiro atoms. The summed E-state index contributed by atoms with van der Waals surface area (Å²) >= 11 is 0. The number of halogens is 2. The van der Waals surface area contributed by atoms with Gasteiger partial charge in [-0.25, -0.2) is 0 Å². The molecule has 0 aliphatic heterocycles. The first-order chi connectivity index (χ1) is 12.1. The van der Waals surface area contributed by atoms with Gasteiger partial charge in [0.1, 0.15) is 0 Å². The lowest BCUT2D eigenvalue weighted by molar-refractivity contribution is 0.116. The summed E-state index contributed by atoms with van der Waals surface area (Å²) in [5, 5.41) is 6.81. The van der Waals surface area contributed by atoms with Crippen molar-refractivity contribution in [1.29, 1.82) is 0 Å². The highest BCUT2D eigenvalue weighted by Crippen LogP contribution is 2.39. The van der Waals surface area contributed by atoms with Crippen LogP contribution in [0.3, 0.4) is 0 Å². The number of nitrogens with zero attached hydrogens (tertiary/aromatic N) is 4. The molecule has 25 heavy (non-hydrogen) atoms. The van der Waals surface area contributed by atoms with E-state index in [9.17, 15) is 13.6 Å². The van der Waals surface area contributed by atoms with Crippen LogP contribution in [0.1, 0.15) is 42.3 Å². The summed E-state index contributed by atoms with van der Waals surface area (Å²) in [7, 11) is 0. The number of hydrogen-bond acceptors (Lipinski definition) is 5. The number of hydrogen-bond donors (Lipinski definition) is 0. The van der Waals surface area contributed by atoms with Gasteiger partial charge in [-0.05, 0) is 36.6 Å². The predicted octanol–water partition coefficient (Wildman–Crippen LogP) is 3.16. The molecule has 0 radical (unpaired) electrons. The fourth-order valence-electron chi connectivity index (χ4n) is 2.60. The second-order valence-electron chi connectivity index (χ2n) is 5.99. The number of pyridine rings is 2. The largest absolute Gasteiger partial charge is 0.415 e. The lowest BCUT2D eigenvalue weighted by atomic mass is 10.1. The van der Waals surface area contributed by atoms with Crippen molar-refractivity contribution >= 4 is 0 Å². The van der Waals surface area contributed by atoms with Gasteiger partial charge >= 0.3 is 6.43 Å². The van der Waals surface area contributed by atoms with E-state index in [0.717, 1.165) is 24.1 Å². The Kier molecular flexibility index (Phi) is 3.87. The summed E-state index contributed by atoms with van der Waals surface area (Å²) in [5.74, 6) is -0.316. The molecule has 3 aromatic heterocycles. The molecule has 0 N–H and O–H groups in total. The number of rotatable bonds is 5. The Morgan fingerprint density at radius 1 is 1.24 bits per heavy atom. The van der Waals surface area contributed by atoms with Gasteiger partial charge in [0.15, 0.2) is 0 Å². The predicted molar refractivity (Wildman–Crippen MR) is 84.3 cm³/mol. The Morgan fingerprint density at radius 3 is 2.76 bits per heavy atom. The molecule has 4 rings (SSSR count). The molecular formula is C17H14F2N4O2. The molecule has 8 heteroatoms. The van der Waals surface area contributed by atoms with Gasteiger partial charge in [-0.2, -0.15) is 8.78 Å². The molecule has 128 valence electrons. The minimum Gasteiger partial charge on any atom is -0.415 e. The maximum atomic E-state index is 12.5. The maximum Gasteiger partial charge on any atom is 0.314 e. The number of alkyl halides is 2. The average Bonchev–Trinajstić information content (AvgIpc) is 3.33. The van der Waals surface area contributed by atoms with Gasteiger partial charge in [0.05, 0.1) is 6.54 Å². The molecule has 3 heterocycles. The second kappa shape index (κ2) is 6.19. The van der Waals surface area contributed by atoms with E-state index in [2.05, 4.69) is 15.2 Å². The van der Waals surface area contributed by atoms with Crippen molar-refractivity contribution in [3.8, 4) is 11.5 Å². The van der Waals surface area contributed by atoms with E-state index >= 15 is 0 Å². The van der Waals surface area contributed by atoms with Crippen molar-refractivity contribution < 1.29 is 13.2 Å². The van der Waals surface area contributed by atoms with Crippen molar-refractivity contribution in [2.24, 2.45) is 0 Å². The molecule has 0 saturated heterocycles. The van der Waals surface area contributed by atoms with Crippen LogP contribution in [-0.4, -0.2) is 19.7 Å². The third-order valence-corrected chi connectivity index (χ3v) is 4.06. The van der Waals surface area contributed by atoms with E-state index in [0.29, 0.717) is 18.0 Å². The minimum atomic E-state index is -2.84. The van der Waals surface area contributed by atoms with Gasteiger partial charge in [0.25, 0.3) is 11.4 Å². The molecule has 0 atom stereocenters. The van der Waals surface area contributed by atoms with Gasteiger partial charge in [0.2, 0.25) is 5.89 Å². The quantitative estimate of drug-likeness (QED) is 0.711. The summed E-state index contributed by atoms with van der Waals surface area (Å²) in [6, 6.07) is 6.78. The summed E-state index contributed by atoms with van der Waals surface area (Å²) < 4.78 is 31.4. The van der Waals surface area contributed by atoms with Crippen LogP contribution in [0, 0.1) is 0 Å². The molecule has 1 saturated carbocycles. The second-order valence-corrected chi connectivity index (χ2v) is 5.99. The third-order valence-electron chi connectivity index (χ3n) is 4.06. The highest BCUT2D eigenvalue weighted by molar-refractivity contribution is 5.51. The Labute approximate surface area is 141 Å². The van der Waals surface area contributed by atoms with Crippen molar-refractivity contribution in [2.75, 3.05) is 0 Å². The first-order valence-corrected chi connectivity index (χ1v) is 7.87. The van der Waals surface area contributed by atoms with E-state index in [-0.39, 0.29) is 11.4 Å². The summed E-state index contributed by atoms with van der Waals surface area (Å²) in [5.41, 5.74) is 2.09. The monoisotopic (exact) mass is 344 g/mol. The van der Waals surface area contributed by atoms with Crippen LogP contribution in [0.5, 0.6) is 0 Å². The number of aromatic nitrogens is 4. The van der Waals surface area contributed by atoms with Crippen LogP contribution in [0.2, 0.25) is 0 Å². The zero-order valence-corrected chi connectivity index (χ0v) is 13.1. The molecule has 6 nitrogen and oxygen atoms in total. The van der Waals surface area contributed by atoms with Gasteiger partial charge in [-0.15, -0.1) is 10.2 Å². The molecular weight excluding hydrogens is 330 g/mol. The smallest absolute Gasteiger partial charge is 0.314 e. The Hall–Kier alpha value is -2.90.